The van der Waals surface area contributed by atoms with Crippen LogP contribution in [0.2, 0.25) is 0 Å². The second kappa shape index (κ2) is 11.6. The lowest BCUT2D eigenvalue weighted by atomic mass is 10.2. The summed E-state index contributed by atoms with van der Waals surface area (Å²) in [4.78, 5) is 12.2. The lowest BCUT2D eigenvalue weighted by molar-refractivity contribution is 0.0955. The van der Waals surface area contributed by atoms with Crippen molar-refractivity contribution in [3.63, 3.8) is 0 Å². The van der Waals surface area contributed by atoms with Crippen LogP contribution in [0.1, 0.15) is 48.5 Å². The summed E-state index contributed by atoms with van der Waals surface area (Å²) < 4.78 is 16.1. The van der Waals surface area contributed by atoms with Crippen molar-refractivity contribution in [1.29, 1.82) is 0 Å². The first kappa shape index (κ1) is 21.3. The van der Waals surface area contributed by atoms with Crippen molar-refractivity contribution >= 4 is 12.1 Å². The van der Waals surface area contributed by atoms with E-state index in [1.807, 2.05) is 6.07 Å². The number of carbonyl (C=O) groups is 1. The summed E-state index contributed by atoms with van der Waals surface area (Å²) in [6, 6.07) is 12.4. The van der Waals surface area contributed by atoms with E-state index in [4.69, 9.17) is 14.2 Å². The van der Waals surface area contributed by atoms with Gasteiger partial charge in [-0.25, -0.2) is 5.43 Å². The first-order valence-electron chi connectivity index (χ1n) is 9.46. The van der Waals surface area contributed by atoms with Gasteiger partial charge in [0, 0.05) is 5.56 Å². The Morgan fingerprint density at radius 2 is 1.75 bits per heavy atom. The molecule has 0 heterocycles. The lowest BCUT2D eigenvalue weighted by Gasteiger charge is -2.07. The van der Waals surface area contributed by atoms with Gasteiger partial charge in [0.25, 0.3) is 5.91 Å². The molecule has 150 valence electrons. The van der Waals surface area contributed by atoms with E-state index in [0.29, 0.717) is 23.7 Å². The Bertz CT molecular complexity index is 773. The van der Waals surface area contributed by atoms with Gasteiger partial charge in [-0.1, -0.05) is 26.2 Å². The number of nitrogens with zero attached hydrogens (tertiary/aromatic N) is 1. The third-order valence-electron chi connectivity index (χ3n) is 4.17. The van der Waals surface area contributed by atoms with Crippen LogP contribution in [-0.2, 0) is 0 Å². The van der Waals surface area contributed by atoms with Gasteiger partial charge < -0.3 is 14.2 Å². The van der Waals surface area contributed by atoms with Crippen molar-refractivity contribution in [3.8, 4) is 17.2 Å². The molecule has 0 unspecified atom stereocenters. The Morgan fingerprint density at radius 1 is 1.00 bits per heavy atom. The maximum Gasteiger partial charge on any atom is 0.271 e. The van der Waals surface area contributed by atoms with Gasteiger partial charge in [-0.15, -0.1) is 0 Å². The Morgan fingerprint density at radius 3 is 2.43 bits per heavy atom. The first-order valence-corrected chi connectivity index (χ1v) is 9.46. The predicted molar refractivity (Wildman–Crippen MR) is 111 cm³/mol. The fourth-order valence-corrected chi connectivity index (χ4v) is 2.58. The fourth-order valence-electron chi connectivity index (χ4n) is 2.58. The number of rotatable bonds is 11. The van der Waals surface area contributed by atoms with Gasteiger partial charge in [0.1, 0.15) is 5.75 Å². The molecule has 0 aliphatic rings. The Labute approximate surface area is 166 Å². The zero-order valence-corrected chi connectivity index (χ0v) is 16.7. The molecule has 28 heavy (non-hydrogen) atoms. The number of ether oxygens (including phenoxy) is 3. The fraction of sp³-hybridized carbons (Fsp3) is 0.364. The zero-order chi connectivity index (χ0) is 20.2. The van der Waals surface area contributed by atoms with Crippen molar-refractivity contribution in [2.24, 2.45) is 5.10 Å². The van der Waals surface area contributed by atoms with Crippen molar-refractivity contribution < 1.29 is 19.0 Å². The molecule has 6 heteroatoms. The average Bonchev–Trinajstić information content (AvgIpc) is 2.73. The second-order valence-electron chi connectivity index (χ2n) is 6.25. The van der Waals surface area contributed by atoms with E-state index in [0.717, 1.165) is 17.7 Å². The van der Waals surface area contributed by atoms with Gasteiger partial charge in [0.15, 0.2) is 11.5 Å². The standard InChI is InChI=1S/C22H28N2O4/c1-4-5-6-7-14-28-19-11-9-18(10-12-19)22(25)24-23-16-17-8-13-20(26-2)21(15-17)27-3/h8-13,15-16H,4-7,14H2,1-3H3,(H,24,25). The molecule has 6 nitrogen and oxygen atoms in total. The molecule has 2 aromatic rings. The van der Waals surface area contributed by atoms with Crippen LogP contribution in [0, 0.1) is 0 Å². The molecule has 0 aliphatic carbocycles. The number of hydrogen-bond acceptors (Lipinski definition) is 5. The SMILES string of the molecule is CCCCCCOc1ccc(C(=O)NN=Cc2ccc(OC)c(OC)c2)cc1. The molecule has 1 N–H and O–H groups in total. The molecule has 1 amide bonds. The van der Waals surface area contributed by atoms with Gasteiger partial charge in [-0.05, 0) is 54.4 Å². The molecule has 0 aliphatic heterocycles. The first-order chi connectivity index (χ1) is 13.7. The maximum absolute atomic E-state index is 12.2. The zero-order valence-electron chi connectivity index (χ0n) is 16.7. The summed E-state index contributed by atoms with van der Waals surface area (Å²) in [5, 5.41) is 4.00. The Balaban J connectivity index is 1.85. The summed E-state index contributed by atoms with van der Waals surface area (Å²) in [5.74, 6) is 1.72. The van der Waals surface area contributed by atoms with E-state index < -0.39 is 0 Å². The van der Waals surface area contributed by atoms with Crippen LogP contribution in [-0.4, -0.2) is 32.9 Å². The summed E-state index contributed by atoms with van der Waals surface area (Å²) in [6.45, 7) is 2.88. The van der Waals surface area contributed by atoms with Crippen molar-refractivity contribution in [2.75, 3.05) is 20.8 Å². The number of benzene rings is 2. The van der Waals surface area contributed by atoms with E-state index in [1.54, 1.807) is 56.8 Å². The summed E-state index contributed by atoms with van der Waals surface area (Å²) in [5.41, 5.74) is 3.82. The minimum absolute atomic E-state index is 0.286. The molecule has 0 radical (unpaired) electrons. The molecule has 2 rings (SSSR count). The summed E-state index contributed by atoms with van der Waals surface area (Å²) in [6.07, 6.45) is 6.20. The quantitative estimate of drug-likeness (QED) is 0.354. The minimum atomic E-state index is -0.286. The van der Waals surface area contributed by atoms with Gasteiger partial charge >= 0.3 is 0 Å². The molecule has 0 spiro atoms. The number of amides is 1. The molecule has 0 saturated carbocycles. The predicted octanol–water partition coefficient (Wildman–Crippen LogP) is 4.43. The lowest BCUT2D eigenvalue weighted by Crippen LogP contribution is -2.17. The summed E-state index contributed by atoms with van der Waals surface area (Å²) in [7, 11) is 3.15. The normalized spacial score (nSPS) is 10.7. The largest absolute Gasteiger partial charge is 0.494 e. The molecule has 0 saturated heterocycles. The van der Waals surface area contributed by atoms with Gasteiger partial charge in [0.2, 0.25) is 0 Å². The smallest absolute Gasteiger partial charge is 0.271 e. The molecular formula is C22H28N2O4. The second-order valence-corrected chi connectivity index (χ2v) is 6.25. The molecule has 0 fully saturated rings. The summed E-state index contributed by atoms with van der Waals surface area (Å²) >= 11 is 0. The van der Waals surface area contributed by atoms with Crippen LogP contribution in [0.15, 0.2) is 47.6 Å². The highest BCUT2D eigenvalue weighted by Crippen LogP contribution is 2.26. The number of unbranched alkanes of at least 4 members (excludes halogenated alkanes) is 3. The highest BCUT2D eigenvalue weighted by Gasteiger charge is 2.05. The Hall–Kier alpha value is -3.02. The van der Waals surface area contributed by atoms with Crippen molar-refractivity contribution in [3.05, 3.63) is 53.6 Å². The van der Waals surface area contributed by atoms with Crippen molar-refractivity contribution in [1.82, 2.24) is 5.43 Å². The third kappa shape index (κ3) is 6.61. The van der Waals surface area contributed by atoms with E-state index in [1.165, 1.54) is 19.3 Å². The van der Waals surface area contributed by atoms with Crippen LogP contribution in [0.3, 0.4) is 0 Å². The monoisotopic (exact) mass is 384 g/mol. The van der Waals surface area contributed by atoms with E-state index in [2.05, 4.69) is 17.5 Å². The number of carbonyl (C=O) groups excluding carboxylic acids is 1. The van der Waals surface area contributed by atoms with Crippen LogP contribution in [0.25, 0.3) is 0 Å². The molecular weight excluding hydrogens is 356 g/mol. The minimum Gasteiger partial charge on any atom is -0.494 e. The maximum atomic E-state index is 12.2. The van der Waals surface area contributed by atoms with Gasteiger partial charge in [-0.3, -0.25) is 4.79 Å². The molecule has 0 aromatic heterocycles. The van der Waals surface area contributed by atoms with Crippen molar-refractivity contribution in [2.45, 2.75) is 32.6 Å². The molecule has 2 aromatic carbocycles. The number of hydrazone groups is 1. The number of hydrogen-bond donors (Lipinski definition) is 1. The van der Waals surface area contributed by atoms with Crippen LogP contribution >= 0.6 is 0 Å². The van der Waals surface area contributed by atoms with E-state index >= 15 is 0 Å². The highest BCUT2D eigenvalue weighted by molar-refractivity contribution is 5.95. The van der Waals surface area contributed by atoms with Gasteiger partial charge in [0.05, 0.1) is 27.0 Å². The van der Waals surface area contributed by atoms with E-state index in [9.17, 15) is 4.79 Å². The van der Waals surface area contributed by atoms with Gasteiger partial charge in [-0.2, -0.15) is 5.10 Å². The van der Waals surface area contributed by atoms with Crippen LogP contribution in [0.4, 0.5) is 0 Å². The highest BCUT2D eigenvalue weighted by atomic mass is 16.5. The van der Waals surface area contributed by atoms with Crippen LogP contribution in [0.5, 0.6) is 17.2 Å². The topological polar surface area (TPSA) is 69.2 Å². The number of methoxy groups -OCH3 is 2. The van der Waals surface area contributed by atoms with E-state index in [-0.39, 0.29) is 5.91 Å². The average molecular weight is 384 g/mol. The molecule has 0 bridgehead atoms. The number of nitrogens with one attached hydrogen (secondary N) is 1. The molecule has 0 atom stereocenters. The van der Waals surface area contributed by atoms with Crippen LogP contribution < -0.4 is 19.6 Å². The third-order valence-corrected chi connectivity index (χ3v) is 4.17. The Kier molecular flexibility index (Phi) is 8.85.